The van der Waals surface area contributed by atoms with Gasteiger partial charge in [-0.15, -0.1) is 0 Å². The fourth-order valence-electron chi connectivity index (χ4n) is 2.05. The first-order chi connectivity index (χ1) is 9.16. The minimum atomic E-state index is -0.514. The van der Waals surface area contributed by atoms with E-state index in [0.717, 1.165) is 5.56 Å². The maximum atomic E-state index is 11.9. The molecule has 112 valence electrons. The lowest BCUT2D eigenvalue weighted by Crippen LogP contribution is -2.52. The number of alkyl carbamates (subject to hydrolysis) is 1. The van der Waals surface area contributed by atoms with Crippen molar-refractivity contribution in [3.8, 4) is 0 Å². The van der Waals surface area contributed by atoms with Crippen LogP contribution in [0.3, 0.4) is 0 Å². The Labute approximate surface area is 121 Å². The van der Waals surface area contributed by atoms with Gasteiger partial charge in [-0.1, -0.05) is 44.2 Å². The molecule has 0 spiro atoms. The van der Waals surface area contributed by atoms with Gasteiger partial charge in [0.2, 0.25) is 0 Å². The molecular formula is C16H26N2O2. The van der Waals surface area contributed by atoms with Crippen molar-refractivity contribution in [2.45, 2.75) is 51.7 Å². The third-order valence-electron chi connectivity index (χ3n) is 3.32. The third kappa shape index (κ3) is 4.53. The van der Waals surface area contributed by atoms with Gasteiger partial charge in [-0.25, -0.2) is 4.79 Å². The van der Waals surface area contributed by atoms with Crippen LogP contribution in [-0.4, -0.2) is 24.3 Å². The Morgan fingerprint density at radius 1 is 1.20 bits per heavy atom. The highest BCUT2D eigenvalue weighted by atomic mass is 16.6. The molecule has 1 aromatic carbocycles. The van der Waals surface area contributed by atoms with Crippen molar-refractivity contribution in [1.82, 2.24) is 5.32 Å². The predicted molar refractivity (Wildman–Crippen MR) is 81.7 cm³/mol. The Morgan fingerprint density at radius 3 is 2.20 bits per heavy atom. The molecule has 1 amide bonds. The summed E-state index contributed by atoms with van der Waals surface area (Å²) in [6.07, 6.45) is -0.433. The summed E-state index contributed by atoms with van der Waals surface area (Å²) < 4.78 is 5.30. The Bertz CT molecular complexity index is 436. The van der Waals surface area contributed by atoms with E-state index >= 15 is 0 Å². The van der Waals surface area contributed by atoms with Crippen molar-refractivity contribution >= 4 is 6.09 Å². The number of rotatable bonds is 4. The topological polar surface area (TPSA) is 64.3 Å². The SMILES string of the molecule is CC(C)(C)OC(=O)NC(CN)C(C)(C)c1ccccc1. The summed E-state index contributed by atoms with van der Waals surface area (Å²) in [6.45, 7) is 10.0. The zero-order valence-corrected chi connectivity index (χ0v) is 13.1. The second-order valence-electron chi connectivity index (χ2n) is 6.52. The largest absolute Gasteiger partial charge is 0.444 e. The van der Waals surface area contributed by atoms with E-state index in [1.54, 1.807) is 0 Å². The van der Waals surface area contributed by atoms with Crippen LogP contribution in [0.5, 0.6) is 0 Å². The van der Waals surface area contributed by atoms with Crippen molar-refractivity contribution in [3.05, 3.63) is 35.9 Å². The smallest absolute Gasteiger partial charge is 0.407 e. The summed E-state index contributed by atoms with van der Waals surface area (Å²) in [5, 5.41) is 2.88. The van der Waals surface area contributed by atoms with Gasteiger partial charge in [0.05, 0.1) is 6.04 Å². The molecule has 0 aliphatic carbocycles. The molecule has 4 nitrogen and oxygen atoms in total. The number of nitrogens with one attached hydrogen (secondary N) is 1. The Balaban J connectivity index is 2.83. The molecule has 1 aromatic rings. The first kappa shape index (κ1) is 16.5. The van der Waals surface area contributed by atoms with Gasteiger partial charge < -0.3 is 15.8 Å². The first-order valence-electron chi connectivity index (χ1n) is 6.92. The molecule has 1 rings (SSSR count). The van der Waals surface area contributed by atoms with Crippen molar-refractivity contribution in [2.75, 3.05) is 6.54 Å². The van der Waals surface area contributed by atoms with Crippen molar-refractivity contribution in [3.63, 3.8) is 0 Å². The lowest BCUT2D eigenvalue weighted by Gasteiger charge is -2.35. The van der Waals surface area contributed by atoms with Crippen LogP contribution in [0.1, 0.15) is 40.2 Å². The van der Waals surface area contributed by atoms with Crippen LogP contribution in [-0.2, 0) is 10.2 Å². The third-order valence-corrected chi connectivity index (χ3v) is 3.32. The molecule has 0 saturated carbocycles. The van der Waals surface area contributed by atoms with Crippen LogP contribution in [0.2, 0.25) is 0 Å². The summed E-state index contributed by atoms with van der Waals surface area (Å²) in [7, 11) is 0. The fourth-order valence-corrected chi connectivity index (χ4v) is 2.05. The molecule has 4 heteroatoms. The van der Waals surface area contributed by atoms with E-state index in [1.165, 1.54) is 0 Å². The van der Waals surface area contributed by atoms with Gasteiger partial charge in [0.1, 0.15) is 5.60 Å². The van der Waals surface area contributed by atoms with E-state index in [1.807, 2.05) is 51.1 Å². The summed E-state index contributed by atoms with van der Waals surface area (Å²) in [5.74, 6) is 0. The highest BCUT2D eigenvalue weighted by Crippen LogP contribution is 2.26. The molecule has 0 fully saturated rings. The minimum Gasteiger partial charge on any atom is -0.444 e. The Kier molecular flexibility index (Phi) is 5.17. The number of ether oxygens (including phenoxy) is 1. The van der Waals surface area contributed by atoms with Gasteiger partial charge in [-0.05, 0) is 26.3 Å². The normalized spacial score (nSPS) is 13.7. The van der Waals surface area contributed by atoms with Gasteiger partial charge in [0, 0.05) is 12.0 Å². The number of hydrogen-bond acceptors (Lipinski definition) is 3. The Morgan fingerprint density at radius 2 is 1.75 bits per heavy atom. The molecular weight excluding hydrogens is 252 g/mol. The van der Waals surface area contributed by atoms with Crippen LogP contribution >= 0.6 is 0 Å². The summed E-state index contributed by atoms with van der Waals surface area (Å²) in [5.41, 5.74) is 6.18. The molecule has 1 unspecified atom stereocenters. The molecule has 0 aromatic heterocycles. The van der Waals surface area contributed by atoms with Gasteiger partial charge in [0.15, 0.2) is 0 Å². The Hall–Kier alpha value is -1.55. The zero-order valence-electron chi connectivity index (χ0n) is 13.1. The van der Waals surface area contributed by atoms with Crippen molar-refractivity contribution in [2.24, 2.45) is 5.73 Å². The van der Waals surface area contributed by atoms with Crippen molar-refractivity contribution < 1.29 is 9.53 Å². The average Bonchev–Trinajstić information content (AvgIpc) is 2.34. The van der Waals surface area contributed by atoms with E-state index in [4.69, 9.17) is 10.5 Å². The van der Waals surface area contributed by atoms with Crippen LogP contribution in [0, 0.1) is 0 Å². The highest BCUT2D eigenvalue weighted by molar-refractivity contribution is 5.68. The van der Waals surface area contributed by atoms with Gasteiger partial charge in [-0.2, -0.15) is 0 Å². The molecule has 0 aliphatic heterocycles. The first-order valence-corrected chi connectivity index (χ1v) is 6.92. The van der Waals surface area contributed by atoms with Crippen molar-refractivity contribution in [1.29, 1.82) is 0 Å². The number of benzene rings is 1. The number of amides is 1. The van der Waals surface area contributed by atoms with E-state index < -0.39 is 11.7 Å². The second-order valence-corrected chi connectivity index (χ2v) is 6.52. The monoisotopic (exact) mass is 278 g/mol. The summed E-state index contributed by atoms with van der Waals surface area (Å²) in [6, 6.07) is 9.83. The number of carbonyl (C=O) groups is 1. The van der Waals surface area contributed by atoms with E-state index in [0.29, 0.717) is 6.54 Å². The standard InChI is InChI=1S/C16H26N2O2/c1-15(2,3)20-14(19)18-13(11-17)16(4,5)12-9-7-6-8-10-12/h6-10,13H,11,17H2,1-5H3,(H,18,19). The van der Waals surface area contributed by atoms with Crippen LogP contribution in [0.25, 0.3) is 0 Å². The summed E-state index contributed by atoms with van der Waals surface area (Å²) in [4.78, 5) is 11.9. The van der Waals surface area contributed by atoms with Gasteiger partial charge in [-0.3, -0.25) is 0 Å². The van der Waals surface area contributed by atoms with E-state index in [2.05, 4.69) is 19.2 Å². The molecule has 0 saturated heterocycles. The van der Waals surface area contributed by atoms with Gasteiger partial charge in [0.25, 0.3) is 0 Å². The lowest BCUT2D eigenvalue weighted by molar-refractivity contribution is 0.0484. The summed E-state index contributed by atoms with van der Waals surface area (Å²) >= 11 is 0. The molecule has 0 heterocycles. The van der Waals surface area contributed by atoms with Crippen LogP contribution in [0.4, 0.5) is 4.79 Å². The zero-order chi connectivity index (χ0) is 15.4. The predicted octanol–water partition coefficient (Wildman–Crippen LogP) is 2.82. The molecule has 0 aliphatic rings. The molecule has 0 radical (unpaired) electrons. The molecule has 3 N–H and O–H groups in total. The average molecular weight is 278 g/mol. The molecule has 1 atom stereocenters. The van der Waals surface area contributed by atoms with E-state index in [-0.39, 0.29) is 11.5 Å². The van der Waals surface area contributed by atoms with Gasteiger partial charge >= 0.3 is 6.09 Å². The number of hydrogen-bond donors (Lipinski definition) is 2. The van der Waals surface area contributed by atoms with E-state index in [9.17, 15) is 4.79 Å². The quantitative estimate of drug-likeness (QED) is 0.890. The maximum Gasteiger partial charge on any atom is 0.407 e. The molecule has 0 bridgehead atoms. The minimum absolute atomic E-state index is 0.195. The molecule has 20 heavy (non-hydrogen) atoms. The maximum absolute atomic E-state index is 11.9. The highest BCUT2D eigenvalue weighted by Gasteiger charge is 2.32. The fraction of sp³-hybridized carbons (Fsp3) is 0.562. The lowest BCUT2D eigenvalue weighted by atomic mass is 9.78. The van der Waals surface area contributed by atoms with Crippen LogP contribution < -0.4 is 11.1 Å². The van der Waals surface area contributed by atoms with Crippen LogP contribution in [0.15, 0.2) is 30.3 Å². The number of nitrogens with two attached hydrogens (primary N) is 1. The second kappa shape index (κ2) is 6.27. The number of carbonyl (C=O) groups excluding carboxylic acids is 1.